The van der Waals surface area contributed by atoms with Gasteiger partial charge in [-0.15, -0.1) is 0 Å². The summed E-state index contributed by atoms with van der Waals surface area (Å²) >= 11 is 0. The lowest BCUT2D eigenvalue weighted by atomic mass is 10.1. The second kappa shape index (κ2) is 6.91. The lowest BCUT2D eigenvalue weighted by Crippen LogP contribution is -2.48. The number of hydrogen-bond donors (Lipinski definition) is 0. The van der Waals surface area contributed by atoms with Crippen LogP contribution in [0.25, 0.3) is 0 Å². The number of rotatable bonds is 4. The van der Waals surface area contributed by atoms with E-state index in [-0.39, 0.29) is 5.91 Å². The van der Waals surface area contributed by atoms with Gasteiger partial charge in [0.15, 0.2) is 0 Å². The highest BCUT2D eigenvalue weighted by atomic mass is 16.5. The fourth-order valence-electron chi connectivity index (χ4n) is 2.77. The van der Waals surface area contributed by atoms with E-state index in [4.69, 9.17) is 4.52 Å². The van der Waals surface area contributed by atoms with Crippen LogP contribution in [-0.4, -0.2) is 52.0 Å². The average molecular weight is 314 g/mol. The second-order valence-electron chi connectivity index (χ2n) is 6.07. The zero-order valence-electron chi connectivity index (χ0n) is 13.7. The highest BCUT2D eigenvalue weighted by Crippen LogP contribution is 2.10. The number of amides is 1. The number of piperazine rings is 1. The molecule has 0 bridgehead atoms. The van der Waals surface area contributed by atoms with Crippen molar-refractivity contribution in [2.45, 2.75) is 26.8 Å². The predicted octanol–water partition coefficient (Wildman–Crippen LogP) is 1.57. The maximum Gasteiger partial charge on any atom is 0.227 e. The summed E-state index contributed by atoms with van der Waals surface area (Å²) in [4.78, 5) is 20.9. The molecule has 1 aliphatic heterocycles. The molecule has 0 unspecified atom stereocenters. The maximum atomic E-state index is 12.4. The largest absolute Gasteiger partial charge is 0.361 e. The Kier molecular flexibility index (Phi) is 4.71. The van der Waals surface area contributed by atoms with Crippen LogP contribution in [0.4, 0.5) is 0 Å². The van der Waals surface area contributed by atoms with E-state index < -0.39 is 0 Å². The van der Waals surface area contributed by atoms with Crippen molar-refractivity contribution < 1.29 is 9.32 Å². The Balaban J connectivity index is 1.48. The Bertz CT molecular complexity index is 657. The molecule has 0 N–H and O–H groups in total. The lowest BCUT2D eigenvalue weighted by molar-refractivity contribution is -0.132. The number of nitrogens with zero attached hydrogens (tertiary/aromatic N) is 4. The molecule has 0 radical (unpaired) electrons. The minimum Gasteiger partial charge on any atom is -0.361 e. The van der Waals surface area contributed by atoms with Gasteiger partial charge in [0.1, 0.15) is 5.76 Å². The van der Waals surface area contributed by atoms with Crippen LogP contribution in [0, 0.1) is 13.8 Å². The first-order chi connectivity index (χ1) is 11.1. The predicted molar refractivity (Wildman–Crippen MR) is 85.8 cm³/mol. The van der Waals surface area contributed by atoms with Crippen molar-refractivity contribution in [3.63, 3.8) is 0 Å². The molecule has 122 valence electrons. The van der Waals surface area contributed by atoms with E-state index in [1.165, 1.54) is 0 Å². The van der Waals surface area contributed by atoms with E-state index in [2.05, 4.69) is 15.0 Å². The van der Waals surface area contributed by atoms with E-state index in [0.717, 1.165) is 55.4 Å². The Morgan fingerprint density at radius 1 is 1.22 bits per heavy atom. The molecule has 0 aliphatic carbocycles. The van der Waals surface area contributed by atoms with Gasteiger partial charge >= 0.3 is 0 Å². The Morgan fingerprint density at radius 3 is 2.61 bits per heavy atom. The summed E-state index contributed by atoms with van der Waals surface area (Å²) in [5.41, 5.74) is 2.90. The van der Waals surface area contributed by atoms with Gasteiger partial charge in [-0.3, -0.25) is 14.7 Å². The van der Waals surface area contributed by atoms with Crippen LogP contribution in [0.1, 0.15) is 22.7 Å². The van der Waals surface area contributed by atoms with E-state index in [1.807, 2.05) is 36.9 Å². The molecule has 3 heterocycles. The summed E-state index contributed by atoms with van der Waals surface area (Å²) in [7, 11) is 0. The molecule has 23 heavy (non-hydrogen) atoms. The molecule has 1 amide bonds. The van der Waals surface area contributed by atoms with Gasteiger partial charge in [0.05, 0.1) is 12.1 Å². The maximum absolute atomic E-state index is 12.4. The summed E-state index contributed by atoms with van der Waals surface area (Å²) in [5.74, 6) is 1.01. The van der Waals surface area contributed by atoms with Crippen LogP contribution in [0.15, 0.2) is 28.9 Å². The molecule has 1 saturated heterocycles. The van der Waals surface area contributed by atoms with Gasteiger partial charge in [0.25, 0.3) is 0 Å². The number of aromatic nitrogens is 2. The molecule has 6 nitrogen and oxygen atoms in total. The van der Waals surface area contributed by atoms with Crippen molar-refractivity contribution in [3.8, 4) is 0 Å². The zero-order valence-corrected chi connectivity index (χ0v) is 13.7. The highest BCUT2D eigenvalue weighted by molar-refractivity contribution is 5.78. The molecule has 1 fully saturated rings. The molecule has 0 saturated carbocycles. The van der Waals surface area contributed by atoms with Gasteiger partial charge in [-0.25, -0.2) is 0 Å². The highest BCUT2D eigenvalue weighted by Gasteiger charge is 2.21. The van der Waals surface area contributed by atoms with Crippen molar-refractivity contribution in [2.24, 2.45) is 0 Å². The molecule has 0 aromatic carbocycles. The van der Waals surface area contributed by atoms with Gasteiger partial charge in [-0.05, 0) is 25.5 Å². The van der Waals surface area contributed by atoms with Crippen LogP contribution in [0.2, 0.25) is 0 Å². The van der Waals surface area contributed by atoms with E-state index in [9.17, 15) is 4.79 Å². The third-order valence-electron chi connectivity index (χ3n) is 4.12. The first-order valence-electron chi connectivity index (χ1n) is 7.94. The molecule has 0 spiro atoms. The zero-order chi connectivity index (χ0) is 16.2. The first-order valence-corrected chi connectivity index (χ1v) is 7.94. The third-order valence-corrected chi connectivity index (χ3v) is 4.12. The molecule has 3 rings (SSSR count). The number of pyridine rings is 1. The minimum atomic E-state index is 0.174. The van der Waals surface area contributed by atoms with Gasteiger partial charge in [-0.1, -0.05) is 11.2 Å². The Labute approximate surface area is 136 Å². The van der Waals surface area contributed by atoms with E-state index in [0.29, 0.717) is 6.42 Å². The van der Waals surface area contributed by atoms with Gasteiger partial charge < -0.3 is 9.42 Å². The fraction of sp³-hybridized carbons (Fsp3) is 0.471. The third kappa shape index (κ3) is 4.16. The topological polar surface area (TPSA) is 62.5 Å². The van der Waals surface area contributed by atoms with Crippen LogP contribution in [0.5, 0.6) is 0 Å². The van der Waals surface area contributed by atoms with Crippen LogP contribution in [-0.2, 0) is 17.8 Å². The van der Waals surface area contributed by atoms with Crippen LogP contribution < -0.4 is 0 Å². The number of aryl methyl sites for hydroxylation is 2. The van der Waals surface area contributed by atoms with Crippen molar-refractivity contribution in [3.05, 3.63) is 47.1 Å². The number of hydrogen-bond acceptors (Lipinski definition) is 5. The standard InChI is InChI=1S/C17H22N4O2/c1-13-3-4-15(11-18-13)10-17(22)21-7-5-20(6-8-21)12-16-9-14(2)23-19-16/h3-4,9,11H,5-8,10,12H2,1-2H3. The molecule has 1 aliphatic rings. The number of carbonyl (C=O) groups is 1. The quantitative estimate of drug-likeness (QED) is 0.857. The Morgan fingerprint density at radius 2 is 2.00 bits per heavy atom. The molecular formula is C17H22N4O2. The van der Waals surface area contributed by atoms with Crippen molar-refractivity contribution in [2.75, 3.05) is 26.2 Å². The second-order valence-corrected chi connectivity index (χ2v) is 6.07. The van der Waals surface area contributed by atoms with Crippen LogP contribution in [0.3, 0.4) is 0 Å². The van der Waals surface area contributed by atoms with Crippen molar-refractivity contribution >= 4 is 5.91 Å². The molecular weight excluding hydrogens is 292 g/mol. The Hall–Kier alpha value is -2.21. The fourth-order valence-corrected chi connectivity index (χ4v) is 2.77. The molecule has 6 heteroatoms. The summed E-state index contributed by atoms with van der Waals surface area (Å²) < 4.78 is 5.09. The van der Waals surface area contributed by atoms with Crippen molar-refractivity contribution in [1.82, 2.24) is 19.9 Å². The SMILES string of the molecule is Cc1ccc(CC(=O)N2CCN(Cc3cc(C)on3)CC2)cn1. The smallest absolute Gasteiger partial charge is 0.227 e. The molecule has 2 aromatic heterocycles. The molecule has 0 atom stereocenters. The van der Waals surface area contributed by atoms with E-state index in [1.54, 1.807) is 6.20 Å². The van der Waals surface area contributed by atoms with Crippen LogP contribution >= 0.6 is 0 Å². The lowest BCUT2D eigenvalue weighted by Gasteiger charge is -2.34. The monoisotopic (exact) mass is 314 g/mol. The number of carbonyl (C=O) groups excluding carboxylic acids is 1. The summed E-state index contributed by atoms with van der Waals surface area (Å²) in [6.45, 7) is 7.87. The molecule has 2 aromatic rings. The van der Waals surface area contributed by atoms with Gasteiger partial charge in [0.2, 0.25) is 5.91 Å². The minimum absolute atomic E-state index is 0.174. The summed E-state index contributed by atoms with van der Waals surface area (Å²) in [6.07, 6.45) is 2.21. The van der Waals surface area contributed by atoms with Gasteiger partial charge in [-0.2, -0.15) is 0 Å². The van der Waals surface area contributed by atoms with Gasteiger partial charge in [0, 0.05) is 50.7 Å². The van der Waals surface area contributed by atoms with E-state index >= 15 is 0 Å². The van der Waals surface area contributed by atoms with Crippen molar-refractivity contribution in [1.29, 1.82) is 0 Å². The summed E-state index contributed by atoms with van der Waals surface area (Å²) in [6, 6.07) is 5.88. The first kappa shape index (κ1) is 15.7. The summed E-state index contributed by atoms with van der Waals surface area (Å²) in [5, 5.41) is 4.02. The average Bonchev–Trinajstić information content (AvgIpc) is 2.95. The normalized spacial score (nSPS) is 15.8.